The molecule has 0 spiro atoms. The van der Waals surface area contributed by atoms with Crippen molar-refractivity contribution < 1.29 is 10.2 Å². The van der Waals surface area contributed by atoms with Crippen molar-refractivity contribution in [2.75, 3.05) is 0 Å². The fourth-order valence-corrected chi connectivity index (χ4v) is 1.71. The van der Waals surface area contributed by atoms with Crippen molar-refractivity contribution in [3.8, 4) is 11.5 Å². The van der Waals surface area contributed by atoms with Crippen molar-refractivity contribution >= 4 is 6.21 Å². The van der Waals surface area contributed by atoms with E-state index in [1.807, 2.05) is 25.1 Å². The zero-order chi connectivity index (χ0) is 13.0. The van der Waals surface area contributed by atoms with Gasteiger partial charge in [-0.05, 0) is 30.7 Å². The van der Waals surface area contributed by atoms with E-state index in [2.05, 4.69) is 11.1 Å². The highest BCUT2D eigenvalue weighted by atomic mass is 16.3. The van der Waals surface area contributed by atoms with E-state index in [1.54, 1.807) is 6.21 Å². The van der Waals surface area contributed by atoms with Gasteiger partial charge in [0, 0.05) is 11.8 Å². The Morgan fingerprint density at radius 3 is 2.72 bits per heavy atom. The molecule has 0 aliphatic heterocycles. The zero-order valence-corrected chi connectivity index (χ0v) is 10.2. The first-order valence-electron chi connectivity index (χ1n) is 5.72. The number of nitrogens with zero attached hydrogens (tertiary/aromatic N) is 1. The van der Waals surface area contributed by atoms with Crippen LogP contribution in [0.2, 0.25) is 0 Å². The standard InChI is InChI=1S/C15H15NO2/c1-11-3-2-4-12(7-11)9-16-10-13-8-14(17)5-6-15(13)18/h2-8,10,17-18H,9H2,1H3. The Morgan fingerprint density at radius 1 is 1.11 bits per heavy atom. The molecule has 0 aromatic heterocycles. The van der Waals surface area contributed by atoms with Crippen LogP contribution in [0.25, 0.3) is 0 Å². The fraction of sp³-hybridized carbons (Fsp3) is 0.133. The highest BCUT2D eigenvalue weighted by Gasteiger charge is 1.99. The molecule has 0 radical (unpaired) electrons. The van der Waals surface area contributed by atoms with Gasteiger partial charge in [0.05, 0.1) is 6.54 Å². The summed E-state index contributed by atoms with van der Waals surface area (Å²) in [4.78, 5) is 4.26. The predicted molar refractivity (Wildman–Crippen MR) is 72.2 cm³/mol. The summed E-state index contributed by atoms with van der Waals surface area (Å²) in [7, 11) is 0. The summed E-state index contributed by atoms with van der Waals surface area (Å²) < 4.78 is 0. The van der Waals surface area contributed by atoms with Crippen LogP contribution in [0.4, 0.5) is 0 Å². The second-order valence-corrected chi connectivity index (χ2v) is 4.20. The van der Waals surface area contributed by atoms with Crippen LogP contribution in [0.5, 0.6) is 11.5 Å². The molecule has 92 valence electrons. The molecule has 0 saturated carbocycles. The van der Waals surface area contributed by atoms with E-state index in [1.165, 1.54) is 23.8 Å². The Hall–Kier alpha value is -2.29. The average molecular weight is 241 g/mol. The van der Waals surface area contributed by atoms with Crippen molar-refractivity contribution in [1.82, 2.24) is 0 Å². The number of hydrogen-bond acceptors (Lipinski definition) is 3. The third kappa shape index (κ3) is 3.10. The molecule has 18 heavy (non-hydrogen) atoms. The van der Waals surface area contributed by atoms with Crippen molar-refractivity contribution in [2.45, 2.75) is 13.5 Å². The van der Waals surface area contributed by atoms with Gasteiger partial charge >= 0.3 is 0 Å². The molecule has 0 heterocycles. The van der Waals surface area contributed by atoms with Gasteiger partial charge in [-0.15, -0.1) is 0 Å². The summed E-state index contributed by atoms with van der Waals surface area (Å²) in [6, 6.07) is 12.5. The minimum Gasteiger partial charge on any atom is -0.508 e. The summed E-state index contributed by atoms with van der Waals surface area (Å²) in [6.07, 6.45) is 1.57. The van der Waals surface area contributed by atoms with E-state index in [0.717, 1.165) is 5.56 Å². The number of aromatic hydroxyl groups is 2. The van der Waals surface area contributed by atoms with Crippen LogP contribution in [-0.4, -0.2) is 16.4 Å². The molecule has 3 heteroatoms. The SMILES string of the molecule is Cc1cccc(CN=Cc2cc(O)ccc2O)c1. The third-order valence-corrected chi connectivity index (χ3v) is 2.60. The smallest absolute Gasteiger partial charge is 0.124 e. The predicted octanol–water partition coefficient (Wildman–Crippen LogP) is 3.03. The first-order chi connectivity index (χ1) is 8.65. The number of phenolic OH excluding ortho intramolecular Hbond substituents is 2. The van der Waals surface area contributed by atoms with Gasteiger partial charge in [-0.1, -0.05) is 29.8 Å². The number of rotatable bonds is 3. The van der Waals surface area contributed by atoms with E-state index in [4.69, 9.17) is 0 Å². The Kier molecular flexibility index (Phi) is 3.63. The van der Waals surface area contributed by atoms with Gasteiger partial charge in [0.2, 0.25) is 0 Å². The Labute approximate surface area is 106 Å². The second kappa shape index (κ2) is 5.36. The molecule has 2 aromatic rings. The molecule has 0 unspecified atom stereocenters. The molecule has 0 atom stereocenters. The van der Waals surface area contributed by atoms with E-state index < -0.39 is 0 Å². The minimum absolute atomic E-state index is 0.112. The molecule has 3 nitrogen and oxygen atoms in total. The molecule has 0 aliphatic rings. The lowest BCUT2D eigenvalue weighted by atomic mass is 10.1. The van der Waals surface area contributed by atoms with Gasteiger partial charge in [-0.3, -0.25) is 4.99 Å². The molecule has 2 aromatic carbocycles. The first-order valence-corrected chi connectivity index (χ1v) is 5.72. The average Bonchev–Trinajstić information content (AvgIpc) is 2.34. The van der Waals surface area contributed by atoms with Gasteiger partial charge in [0.15, 0.2) is 0 Å². The maximum absolute atomic E-state index is 9.57. The third-order valence-electron chi connectivity index (χ3n) is 2.60. The van der Waals surface area contributed by atoms with Crippen LogP contribution >= 0.6 is 0 Å². The zero-order valence-electron chi connectivity index (χ0n) is 10.2. The maximum Gasteiger partial charge on any atom is 0.124 e. The van der Waals surface area contributed by atoms with E-state index in [9.17, 15) is 10.2 Å². The molecular formula is C15H15NO2. The van der Waals surface area contributed by atoms with Crippen LogP contribution in [0.15, 0.2) is 47.5 Å². The molecule has 2 N–H and O–H groups in total. The monoisotopic (exact) mass is 241 g/mol. The lowest BCUT2D eigenvalue weighted by molar-refractivity contribution is 0.459. The minimum atomic E-state index is 0.112. The molecule has 2 rings (SSSR count). The topological polar surface area (TPSA) is 52.8 Å². The maximum atomic E-state index is 9.57. The molecular weight excluding hydrogens is 226 g/mol. The molecule has 0 fully saturated rings. The summed E-state index contributed by atoms with van der Waals surface area (Å²) in [5.41, 5.74) is 2.83. The Bertz CT molecular complexity index is 576. The lowest BCUT2D eigenvalue weighted by Crippen LogP contribution is -1.86. The van der Waals surface area contributed by atoms with Gasteiger partial charge in [-0.2, -0.15) is 0 Å². The molecule has 0 bridgehead atoms. The first kappa shape index (κ1) is 12.2. The van der Waals surface area contributed by atoms with E-state index >= 15 is 0 Å². The van der Waals surface area contributed by atoms with Crippen molar-refractivity contribution in [1.29, 1.82) is 0 Å². The van der Waals surface area contributed by atoms with Crippen molar-refractivity contribution in [3.05, 3.63) is 59.2 Å². The molecule has 0 saturated heterocycles. The lowest BCUT2D eigenvalue weighted by Gasteiger charge is -2.00. The van der Waals surface area contributed by atoms with Crippen LogP contribution < -0.4 is 0 Å². The summed E-state index contributed by atoms with van der Waals surface area (Å²) in [5.74, 6) is 0.227. The number of phenols is 2. The number of hydrogen-bond donors (Lipinski definition) is 2. The second-order valence-electron chi connectivity index (χ2n) is 4.20. The summed E-state index contributed by atoms with van der Waals surface area (Å²) in [5, 5.41) is 18.9. The molecule has 0 amide bonds. The van der Waals surface area contributed by atoms with Crippen molar-refractivity contribution in [2.24, 2.45) is 4.99 Å². The highest BCUT2D eigenvalue weighted by molar-refractivity contribution is 5.83. The van der Waals surface area contributed by atoms with Crippen LogP contribution in [0.1, 0.15) is 16.7 Å². The number of benzene rings is 2. The van der Waals surface area contributed by atoms with Crippen LogP contribution in [0.3, 0.4) is 0 Å². The highest BCUT2D eigenvalue weighted by Crippen LogP contribution is 2.20. The Morgan fingerprint density at radius 2 is 1.94 bits per heavy atom. The van der Waals surface area contributed by atoms with E-state index in [0.29, 0.717) is 12.1 Å². The summed E-state index contributed by atoms with van der Waals surface area (Å²) >= 11 is 0. The van der Waals surface area contributed by atoms with Crippen molar-refractivity contribution in [3.63, 3.8) is 0 Å². The number of aliphatic imine (C=N–C) groups is 1. The molecule has 0 aliphatic carbocycles. The fourth-order valence-electron chi connectivity index (χ4n) is 1.71. The van der Waals surface area contributed by atoms with E-state index in [-0.39, 0.29) is 11.5 Å². The normalized spacial score (nSPS) is 10.9. The largest absolute Gasteiger partial charge is 0.508 e. The summed E-state index contributed by atoms with van der Waals surface area (Å²) in [6.45, 7) is 2.59. The number of aryl methyl sites for hydroxylation is 1. The van der Waals surface area contributed by atoms with Gasteiger partial charge in [0.1, 0.15) is 11.5 Å². The van der Waals surface area contributed by atoms with Gasteiger partial charge in [0.25, 0.3) is 0 Å². The van der Waals surface area contributed by atoms with Crippen LogP contribution in [0, 0.1) is 6.92 Å². The van der Waals surface area contributed by atoms with Crippen LogP contribution in [-0.2, 0) is 6.54 Å². The quantitative estimate of drug-likeness (QED) is 0.641. The van der Waals surface area contributed by atoms with Gasteiger partial charge < -0.3 is 10.2 Å². The Balaban J connectivity index is 2.10. The van der Waals surface area contributed by atoms with Gasteiger partial charge in [-0.25, -0.2) is 0 Å².